The predicted octanol–water partition coefficient (Wildman–Crippen LogP) is 6.27. The van der Waals surface area contributed by atoms with Gasteiger partial charge in [-0.3, -0.25) is 4.90 Å². The zero-order valence-corrected chi connectivity index (χ0v) is 18.6. The van der Waals surface area contributed by atoms with Gasteiger partial charge in [-0.15, -0.1) is 0 Å². The first kappa shape index (κ1) is 20.7. The second kappa shape index (κ2) is 8.14. The third-order valence-corrected chi connectivity index (χ3v) is 7.39. The van der Waals surface area contributed by atoms with Crippen molar-refractivity contribution in [1.29, 1.82) is 5.26 Å². The number of amides is 1. The van der Waals surface area contributed by atoms with Crippen molar-refractivity contribution in [3.8, 4) is 17.2 Å². The summed E-state index contributed by atoms with van der Waals surface area (Å²) in [5.74, 6) is -0.387. The molecule has 1 saturated heterocycles. The summed E-state index contributed by atoms with van der Waals surface area (Å²) in [5, 5.41) is 9.45. The highest BCUT2D eigenvalue weighted by Crippen LogP contribution is 2.45. The highest BCUT2D eigenvalue weighted by molar-refractivity contribution is 5.80. The van der Waals surface area contributed by atoms with E-state index in [4.69, 9.17) is 4.74 Å². The minimum absolute atomic E-state index is 0.0252. The van der Waals surface area contributed by atoms with Crippen LogP contribution in [0.3, 0.4) is 0 Å². The van der Waals surface area contributed by atoms with Crippen LogP contribution in [-0.4, -0.2) is 29.7 Å². The minimum Gasteiger partial charge on any atom is -0.448 e. The Labute approximate surface area is 197 Å². The molecule has 3 aliphatic rings. The molecule has 34 heavy (non-hydrogen) atoms. The van der Waals surface area contributed by atoms with Crippen LogP contribution < -0.4 is 0 Å². The van der Waals surface area contributed by atoms with Gasteiger partial charge in [0.25, 0.3) is 0 Å². The molecule has 3 aromatic carbocycles. The molecule has 0 radical (unpaired) electrons. The van der Waals surface area contributed by atoms with Crippen molar-refractivity contribution in [3.05, 3.63) is 101 Å². The topological polar surface area (TPSA) is 53.3 Å². The molecule has 0 saturated carbocycles. The van der Waals surface area contributed by atoms with E-state index in [9.17, 15) is 14.4 Å². The Balaban J connectivity index is 1.21. The highest BCUT2D eigenvalue weighted by Gasteiger charge is 2.41. The molecule has 0 N–H and O–H groups in total. The third kappa shape index (κ3) is 3.30. The van der Waals surface area contributed by atoms with Crippen LogP contribution in [0, 0.1) is 17.1 Å². The van der Waals surface area contributed by atoms with E-state index in [1.54, 1.807) is 6.07 Å². The molecule has 2 heterocycles. The van der Waals surface area contributed by atoms with Crippen molar-refractivity contribution < 1.29 is 13.9 Å². The molecule has 4 nitrogen and oxygen atoms in total. The summed E-state index contributed by atoms with van der Waals surface area (Å²) >= 11 is 0. The second-order valence-corrected chi connectivity index (χ2v) is 9.21. The molecule has 1 fully saturated rings. The Morgan fingerprint density at radius 3 is 2.38 bits per heavy atom. The van der Waals surface area contributed by atoms with Crippen LogP contribution in [0.1, 0.15) is 47.4 Å². The molecule has 0 aromatic heterocycles. The van der Waals surface area contributed by atoms with Gasteiger partial charge in [0.1, 0.15) is 12.4 Å². The fraction of sp³-hybridized carbons (Fsp3) is 0.241. The quantitative estimate of drug-likeness (QED) is 0.473. The fourth-order valence-electron chi connectivity index (χ4n) is 5.87. The summed E-state index contributed by atoms with van der Waals surface area (Å²) in [6.07, 6.45) is 4.16. The summed E-state index contributed by atoms with van der Waals surface area (Å²) in [7, 11) is 0. The Bertz CT molecular complexity index is 1330. The highest BCUT2D eigenvalue weighted by atomic mass is 19.1. The van der Waals surface area contributed by atoms with Crippen LogP contribution in [0.2, 0.25) is 0 Å². The number of benzene rings is 3. The second-order valence-electron chi connectivity index (χ2n) is 9.21. The van der Waals surface area contributed by atoms with Crippen molar-refractivity contribution in [2.45, 2.75) is 37.3 Å². The number of ether oxygens (including phenoxy) is 1. The molecule has 168 valence electrons. The van der Waals surface area contributed by atoms with E-state index in [1.165, 1.54) is 34.4 Å². The van der Waals surface area contributed by atoms with Crippen molar-refractivity contribution in [2.75, 3.05) is 6.61 Å². The van der Waals surface area contributed by atoms with Gasteiger partial charge in [-0.05, 0) is 64.8 Å². The lowest BCUT2D eigenvalue weighted by molar-refractivity contribution is 0.0866. The number of nitriles is 1. The molecule has 2 bridgehead atoms. The van der Waals surface area contributed by atoms with Crippen molar-refractivity contribution >= 4 is 11.7 Å². The number of fused-ring (bicyclic) bond motifs is 5. The van der Waals surface area contributed by atoms with Gasteiger partial charge in [-0.1, -0.05) is 60.7 Å². The van der Waals surface area contributed by atoms with Crippen LogP contribution in [0.15, 0.2) is 72.8 Å². The number of carbonyl (C=O) groups is 1. The number of hydrogen-bond acceptors (Lipinski definition) is 3. The number of carbonyl (C=O) groups excluding carboxylic acids is 1. The molecular formula is C29H23FN2O2. The van der Waals surface area contributed by atoms with Gasteiger partial charge in [0.05, 0.1) is 17.7 Å². The smallest absolute Gasteiger partial charge is 0.410 e. The van der Waals surface area contributed by atoms with Crippen molar-refractivity contribution in [2.24, 2.45) is 0 Å². The average Bonchev–Trinajstić information content (AvgIpc) is 3.33. The molecule has 1 amide bonds. The molecule has 2 atom stereocenters. The first-order chi connectivity index (χ1) is 16.6. The van der Waals surface area contributed by atoms with E-state index >= 15 is 0 Å². The van der Waals surface area contributed by atoms with Gasteiger partial charge in [0, 0.05) is 12.0 Å². The van der Waals surface area contributed by atoms with Crippen LogP contribution in [0.25, 0.3) is 16.7 Å². The standard InChI is InChI=1S/C29H23FN2O2/c30-20-9-12-23(19(13-20)16-31)18-14-21-10-11-22(15-18)32(21)29(33)34-17-28-26-7-3-1-5-24(26)25-6-2-4-8-27(25)28/h1-9,12-14,21-22,28H,10-11,15,17H2. The van der Waals surface area contributed by atoms with Crippen molar-refractivity contribution in [1.82, 2.24) is 4.90 Å². The molecule has 1 aliphatic carbocycles. The number of halogens is 1. The van der Waals surface area contributed by atoms with E-state index in [0.717, 1.165) is 24.0 Å². The third-order valence-electron chi connectivity index (χ3n) is 7.39. The number of rotatable bonds is 3. The van der Waals surface area contributed by atoms with Gasteiger partial charge in [0.15, 0.2) is 0 Å². The monoisotopic (exact) mass is 450 g/mol. The average molecular weight is 451 g/mol. The lowest BCUT2D eigenvalue weighted by Crippen LogP contribution is -2.43. The maximum Gasteiger partial charge on any atom is 0.410 e. The summed E-state index contributed by atoms with van der Waals surface area (Å²) < 4.78 is 19.5. The van der Waals surface area contributed by atoms with Gasteiger partial charge >= 0.3 is 6.09 Å². The SMILES string of the molecule is N#Cc1cc(F)ccc1C1=CC2CCC(C1)N2C(=O)OCC1c2ccccc2-c2ccccc21. The zero-order chi connectivity index (χ0) is 23.2. The van der Waals surface area contributed by atoms with Crippen molar-refractivity contribution in [3.63, 3.8) is 0 Å². The normalized spacial score (nSPS) is 20.4. The maximum atomic E-state index is 13.6. The van der Waals surface area contributed by atoms with Crippen LogP contribution >= 0.6 is 0 Å². The molecule has 0 spiro atoms. The summed E-state index contributed by atoms with van der Waals surface area (Å²) in [5.41, 5.74) is 6.90. The Morgan fingerprint density at radius 2 is 1.71 bits per heavy atom. The molecule has 5 heteroatoms. The predicted molar refractivity (Wildman–Crippen MR) is 127 cm³/mol. The van der Waals surface area contributed by atoms with E-state index < -0.39 is 5.82 Å². The summed E-state index contributed by atoms with van der Waals surface area (Å²) in [4.78, 5) is 15.1. The van der Waals surface area contributed by atoms with Gasteiger partial charge in [-0.25, -0.2) is 9.18 Å². The lowest BCUT2D eigenvalue weighted by Gasteiger charge is -2.33. The van der Waals surface area contributed by atoms with E-state index in [-0.39, 0.29) is 24.1 Å². The Morgan fingerprint density at radius 1 is 1.00 bits per heavy atom. The first-order valence-corrected chi connectivity index (χ1v) is 11.7. The largest absolute Gasteiger partial charge is 0.448 e. The summed E-state index contributed by atoms with van der Waals surface area (Å²) in [6, 6.07) is 23.0. The Hall–Kier alpha value is -3.91. The first-order valence-electron chi connectivity index (χ1n) is 11.7. The molecule has 3 aromatic rings. The Kier molecular flexibility index (Phi) is 4.95. The lowest BCUT2D eigenvalue weighted by atomic mass is 9.92. The summed E-state index contributed by atoms with van der Waals surface area (Å²) in [6.45, 7) is 0.302. The van der Waals surface area contributed by atoms with Crippen LogP contribution in [-0.2, 0) is 4.74 Å². The molecule has 2 unspecified atom stereocenters. The maximum absolute atomic E-state index is 13.6. The van der Waals surface area contributed by atoms with Gasteiger partial charge in [0.2, 0.25) is 0 Å². The minimum atomic E-state index is -0.417. The van der Waals surface area contributed by atoms with Gasteiger partial charge in [-0.2, -0.15) is 5.26 Å². The number of nitrogens with zero attached hydrogens (tertiary/aromatic N) is 2. The molecular weight excluding hydrogens is 427 g/mol. The number of hydrogen-bond donors (Lipinski definition) is 0. The van der Waals surface area contributed by atoms with E-state index in [1.807, 2.05) is 29.2 Å². The zero-order valence-electron chi connectivity index (χ0n) is 18.6. The van der Waals surface area contributed by atoms with Crippen LogP contribution in [0.5, 0.6) is 0 Å². The fourth-order valence-corrected chi connectivity index (χ4v) is 5.87. The van der Waals surface area contributed by atoms with E-state index in [0.29, 0.717) is 18.6 Å². The van der Waals surface area contributed by atoms with Gasteiger partial charge < -0.3 is 4.74 Å². The molecule has 2 aliphatic heterocycles. The molecule has 6 rings (SSSR count). The van der Waals surface area contributed by atoms with Crippen LogP contribution in [0.4, 0.5) is 9.18 Å². The van der Waals surface area contributed by atoms with E-state index in [2.05, 4.69) is 36.4 Å².